The van der Waals surface area contributed by atoms with Crippen molar-refractivity contribution in [2.75, 3.05) is 26.2 Å². The summed E-state index contributed by atoms with van der Waals surface area (Å²) >= 11 is 0. The highest BCUT2D eigenvalue weighted by Gasteiger charge is 2.29. The molecular weight excluding hydrogens is 336 g/mol. The summed E-state index contributed by atoms with van der Waals surface area (Å²) in [6, 6.07) is 17.7. The van der Waals surface area contributed by atoms with Gasteiger partial charge >= 0.3 is 0 Å². The van der Waals surface area contributed by atoms with Gasteiger partial charge in [-0.25, -0.2) is 0 Å². The smallest absolute Gasteiger partial charge is 0.241 e. The molecule has 0 spiro atoms. The molecule has 0 aromatic heterocycles. The molecular formula is C23H26N2O2. The Kier molecular flexibility index (Phi) is 6.90. The van der Waals surface area contributed by atoms with Crippen molar-refractivity contribution in [2.24, 2.45) is 0 Å². The largest absolute Gasteiger partial charge is 0.481 e. The van der Waals surface area contributed by atoms with Crippen LogP contribution < -0.4 is 10.1 Å². The van der Waals surface area contributed by atoms with Crippen LogP contribution in [0.25, 0.3) is 0 Å². The molecule has 0 aliphatic carbocycles. The number of hydrogen-bond donors (Lipinski definition) is 1. The van der Waals surface area contributed by atoms with Crippen LogP contribution in [0.5, 0.6) is 5.75 Å². The minimum absolute atomic E-state index is 0.0806. The molecule has 3 rings (SSSR count). The van der Waals surface area contributed by atoms with E-state index in [2.05, 4.69) is 16.1 Å². The fraction of sp³-hybridized carbons (Fsp3) is 0.348. The van der Waals surface area contributed by atoms with Crippen molar-refractivity contribution >= 4 is 5.91 Å². The Morgan fingerprint density at radius 1 is 1.11 bits per heavy atom. The van der Waals surface area contributed by atoms with Gasteiger partial charge in [-0.3, -0.25) is 9.69 Å². The monoisotopic (exact) mass is 362 g/mol. The van der Waals surface area contributed by atoms with Crippen LogP contribution in [0.4, 0.5) is 0 Å². The van der Waals surface area contributed by atoms with E-state index in [0.717, 1.165) is 49.2 Å². The second-order valence-corrected chi connectivity index (χ2v) is 6.73. The van der Waals surface area contributed by atoms with E-state index in [9.17, 15) is 4.79 Å². The van der Waals surface area contributed by atoms with E-state index < -0.39 is 0 Å². The summed E-state index contributed by atoms with van der Waals surface area (Å²) in [6.07, 6.45) is 8.29. The van der Waals surface area contributed by atoms with Gasteiger partial charge in [0.25, 0.3) is 0 Å². The molecule has 1 aliphatic heterocycles. The maximum atomic E-state index is 12.9. The van der Waals surface area contributed by atoms with Gasteiger partial charge in [-0.2, -0.15) is 0 Å². The van der Waals surface area contributed by atoms with Crippen molar-refractivity contribution < 1.29 is 9.53 Å². The number of benzene rings is 2. The summed E-state index contributed by atoms with van der Waals surface area (Å²) in [5.41, 5.74) is 2.22. The molecule has 1 heterocycles. The van der Waals surface area contributed by atoms with E-state index in [-0.39, 0.29) is 18.6 Å². The summed E-state index contributed by atoms with van der Waals surface area (Å²) in [7, 11) is 0. The lowest BCUT2D eigenvalue weighted by Gasteiger charge is -2.27. The Morgan fingerprint density at radius 3 is 2.48 bits per heavy atom. The highest BCUT2D eigenvalue weighted by atomic mass is 16.5. The summed E-state index contributed by atoms with van der Waals surface area (Å²) in [6.45, 7) is 2.84. The summed E-state index contributed by atoms with van der Waals surface area (Å²) in [5, 5.41) is 3.12. The molecule has 1 amide bonds. The molecule has 4 heteroatoms. The van der Waals surface area contributed by atoms with Gasteiger partial charge in [-0.05, 0) is 55.6 Å². The SMILES string of the molecule is C#CCOc1ccc(CCNC(=O)C(c2ccccc2)N2CCCC2)cc1. The van der Waals surface area contributed by atoms with Gasteiger partial charge in [-0.15, -0.1) is 6.42 Å². The topological polar surface area (TPSA) is 41.6 Å². The number of nitrogens with zero attached hydrogens (tertiary/aromatic N) is 1. The fourth-order valence-corrected chi connectivity index (χ4v) is 3.47. The first kappa shape index (κ1) is 19.0. The minimum Gasteiger partial charge on any atom is -0.481 e. The normalized spacial score (nSPS) is 15.1. The van der Waals surface area contributed by atoms with Crippen LogP contribution in [0.3, 0.4) is 0 Å². The van der Waals surface area contributed by atoms with Gasteiger partial charge in [0.05, 0.1) is 0 Å². The summed E-state index contributed by atoms with van der Waals surface area (Å²) < 4.78 is 5.38. The molecule has 1 atom stereocenters. The summed E-state index contributed by atoms with van der Waals surface area (Å²) in [5.74, 6) is 3.29. The van der Waals surface area contributed by atoms with Crippen LogP contribution >= 0.6 is 0 Å². The molecule has 0 bridgehead atoms. The van der Waals surface area contributed by atoms with Crippen LogP contribution in [0.2, 0.25) is 0 Å². The van der Waals surface area contributed by atoms with Crippen molar-refractivity contribution in [1.82, 2.24) is 10.2 Å². The van der Waals surface area contributed by atoms with Crippen molar-refractivity contribution in [1.29, 1.82) is 0 Å². The third kappa shape index (κ3) is 5.35. The molecule has 1 saturated heterocycles. The molecule has 2 aromatic carbocycles. The fourth-order valence-electron chi connectivity index (χ4n) is 3.47. The van der Waals surface area contributed by atoms with Gasteiger partial charge in [0, 0.05) is 6.54 Å². The standard InChI is InChI=1S/C23H26N2O2/c1-2-18-27-21-12-10-19(11-13-21)14-15-24-23(26)22(25-16-6-7-17-25)20-8-4-3-5-9-20/h1,3-5,8-13,22H,6-7,14-18H2,(H,24,26). The molecule has 140 valence electrons. The van der Waals surface area contributed by atoms with Gasteiger partial charge in [0.15, 0.2) is 0 Å². The van der Waals surface area contributed by atoms with Crippen LogP contribution in [0, 0.1) is 12.3 Å². The molecule has 4 nitrogen and oxygen atoms in total. The molecule has 0 radical (unpaired) electrons. The van der Waals surface area contributed by atoms with Crippen LogP contribution in [0.15, 0.2) is 54.6 Å². The lowest BCUT2D eigenvalue weighted by molar-refractivity contribution is -0.126. The minimum atomic E-state index is -0.201. The summed E-state index contributed by atoms with van der Waals surface area (Å²) in [4.78, 5) is 15.2. The zero-order valence-corrected chi connectivity index (χ0v) is 15.6. The zero-order chi connectivity index (χ0) is 18.9. The van der Waals surface area contributed by atoms with Crippen molar-refractivity contribution in [3.05, 3.63) is 65.7 Å². The average molecular weight is 362 g/mol. The molecule has 27 heavy (non-hydrogen) atoms. The maximum absolute atomic E-state index is 12.9. The number of rotatable bonds is 8. The Labute approximate surface area is 161 Å². The van der Waals surface area contributed by atoms with Gasteiger partial charge in [-0.1, -0.05) is 48.4 Å². The second-order valence-electron chi connectivity index (χ2n) is 6.73. The van der Waals surface area contributed by atoms with Crippen molar-refractivity contribution in [3.8, 4) is 18.1 Å². The number of amides is 1. The van der Waals surface area contributed by atoms with Crippen molar-refractivity contribution in [2.45, 2.75) is 25.3 Å². The highest BCUT2D eigenvalue weighted by Crippen LogP contribution is 2.25. The van der Waals surface area contributed by atoms with Gasteiger partial charge in [0.2, 0.25) is 5.91 Å². The maximum Gasteiger partial charge on any atom is 0.241 e. The van der Waals surface area contributed by atoms with Gasteiger partial charge in [0.1, 0.15) is 18.4 Å². The molecule has 0 saturated carbocycles. The van der Waals surface area contributed by atoms with E-state index in [0.29, 0.717) is 6.54 Å². The van der Waals surface area contributed by atoms with E-state index in [1.807, 2.05) is 54.6 Å². The second kappa shape index (κ2) is 9.80. The molecule has 1 fully saturated rings. The average Bonchev–Trinajstić information content (AvgIpc) is 3.22. The van der Waals surface area contributed by atoms with Crippen molar-refractivity contribution in [3.63, 3.8) is 0 Å². The van der Waals surface area contributed by atoms with Gasteiger partial charge < -0.3 is 10.1 Å². The first-order valence-electron chi connectivity index (χ1n) is 9.50. The molecule has 1 aliphatic rings. The first-order valence-corrected chi connectivity index (χ1v) is 9.50. The highest BCUT2D eigenvalue weighted by molar-refractivity contribution is 5.83. The Bertz CT molecular complexity index is 759. The van der Waals surface area contributed by atoms with Crippen LogP contribution in [0.1, 0.15) is 30.0 Å². The number of likely N-dealkylation sites (tertiary alicyclic amines) is 1. The lowest BCUT2D eigenvalue weighted by Crippen LogP contribution is -2.40. The lowest BCUT2D eigenvalue weighted by atomic mass is 10.0. The third-order valence-electron chi connectivity index (χ3n) is 4.83. The number of ether oxygens (including phenoxy) is 1. The predicted molar refractivity (Wildman–Crippen MR) is 107 cm³/mol. The van der Waals surface area contributed by atoms with Crippen LogP contribution in [-0.4, -0.2) is 37.0 Å². The Balaban J connectivity index is 1.55. The number of carbonyl (C=O) groups is 1. The zero-order valence-electron chi connectivity index (χ0n) is 15.6. The molecule has 1 unspecified atom stereocenters. The van der Waals surface area contributed by atoms with E-state index in [4.69, 9.17) is 11.2 Å². The number of hydrogen-bond acceptors (Lipinski definition) is 3. The number of carbonyl (C=O) groups excluding carboxylic acids is 1. The predicted octanol–water partition coefficient (Wildman–Crippen LogP) is 3.19. The van der Waals surface area contributed by atoms with E-state index in [1.54, 1.807) is 0 Å². The number of nitrogens with one attached hydrogen (secondary N) is 1. The number of terminal acetylenes is 1. The van der Waals surface area contributed by atoms with E-state index in [1.165, 1.54) is 0 Å². The van der Waals surface area contributed by atoms with Crippen LogP contribution in [-0.2, 0) is 11.2 Å². The quantitative estimate of drug-likeness (QED) is 0.734. The third-order valence-corrected chi connectivity index (χ3v) is 4.83. The van der Waals surface area contributed by atoms with E-state index >= 15 is 0 Å². The Hall–Kier alpha value is -2.77. The molecule has 1 N–H and O–H groups in total. The Morgan fingerprint density at radius 2 is 1.81 bits per heavy atom. The first-order chi connectivity index (χ1) is 13.3. The molecule has 2 aromatic rings.